The van der Waals surface area contributed by atoms with E-state index in [-0.39, 0.29) is 16.8 Å². The Labute approximate surface area is 182 Å². The zero-order chi connectivity index (χ0) is 22.9. The van der Waals surface area contributed by atoms with E-state index in [1.165, 1.54) is 12.1 Å². The van der Waals surface area contributed by atoms with Crippen LogP contribution in [0.15, 0.2) is 66.7 Å². The third-order valence-corrected chi connectivity index (χ3v) is 5.38. The molecular weight excluding hydrogens is 419 g/mol. The number of amides is 2. The summed E-state index contributed by atoms with van der Waals surface area (Å²) in [4.78, 5) is 27.4. The summed E-state index contributed by atoms with van der Waals surface area (Å²) >= 11 is 0. The van der Waals surface area contributed by atoms with Crippen molar-refractivity contribution in [1.82, 2.24) is 0 Å². The molecule has 8 heteroatoms. The van der Waals surface area contributed by atoms with Gasteiger partial charge in [0.25, 0.3) is 11.8 Å². The first kappa shape index (κ1) is 21.4. The Balaban J connectivity index is 1.70. The van der Waals surface area contributed by atoms with Gasteiger partial charge in [0, 0.05) is 23.5 Å². The van der Waals surface area contributed by atoms with Crippen molar-refractivity contribution in [1.29, 1.82) is 0 Å². The van der Waals surface area contributed by atoms with Crippen molar-refractivity contribution in [3.05, 3.63) is 89.0 Å². The number of benzene rings is 3. The summed E-state index contributed by atoms with van der Waals surface area (Å²) in [6.07, 6.45) is -3.14. The van der Waals surface area contributed by atoms with Crippen LogP contribution in [0.3, 0.4) is 0 Å². The quantitative estimate of drug-likeness (QED) is 0.556. The maximum atomic E-state index is 13.6. The van der Waals surface area contributed by atoms with Gasteiger partial charge in [-0.05, 0) is 54.8 Å². The number of para-hydroxylation sites is 2. The number of nitrogens with zero attached hydrogens (tertiary/aromatic N) is 1. The fourth-order valence-corrected chi connectivity index (χ4v) is 3.82. The van der Waals surface area contributed by atoms with Gasteiger partial charge in [-0.15, -0.1) is 0 Å². The number of hydrogen-bond acceptors (Lipinski definition) is 3. The number of aryl methyl sites for hydroxylation is 1. The Hall–Kier alpha value is -3.81. The van der Waals surface area contributed by atoms with Gasteiger partial charge in [0.2, 0.25) is 0 Å². The lowest BCUT2D eigenvalue weighted by Crippen LogP contribution is -2.35. The van der Waals surface area contributed by atoms with Gasteiger partial charge in [-0.2, -0.15) is 13.2 Å². The molecule has 3 aromatic rings. The zero-order valence-electron chi connectivity index (χ0n) is 16.9. The first-order valence-electron chi connectivity index (χ1n) is 10.0. The van der Waals surface area contributed by atoms with E-state index >= 15 is 0 Å². The topological polar surface area (TPSA) is 75.4 Å². The number of alkyl halides is 3. The molecule has 2 amide bonds. The third kappa shape index (κ3) is 4.16. The van der Waals surface area contributed by atoms with Gasteiger partial charge in [-0.25, -0.2) is 0 Å². The van der Waals surface area contributed by atoms with Crippen LogP contribution in [0.1, 0.15) is 38.3 Å². The fourth-order valence-electron chi connectivity index (χ4n) is 3.82. The molecule has 4 rings (SSSR count). The highest BCUT2D eigenvalue weighted by Crippen LogP contribution is 2.36. The minimum absolute atomic E-state index is 0.0438. The summed E-state index contributed by atoms with van der Waals surface area (Å²) in [7, 11) is 0. The summed E-state index contributed by atoms with van der Waals surface area (Å²) in [5, 5.41) is 2.28. The van der Waals surface area contributed by atoms with Crippen molar-refractivity contribution in [2.75, 3.05) is 22.5 Å². The van der Waals surface area contributed by atoms with Crippen LogP contribution in [0, 0.1) is 0 Å². The van der Waals surface area contributed by atoms with Crippen LogP contribution in [-0.2, 0) is 12.6 Å². The Morgan fingerprint density at radius 1 is 0.969 bits per heavy atom. The van der Waals surface area contributed by atoms with Gasteiger partial charge in [0.05, 0.1) is 16.8 Å². The molecule has 164 valence electrons. The molecule has 1 aliphatic heterocycles. The number of carbonyl (C=O) groups excluding carboxylic acids is 2. The van der Waals surface area contributed by atoms with E-state index < -0.39 is 29.2 Å². The molecule has 0 radical (unpaired) electrons. The highest BCUT2D eigenvalue weighted by Gasteiger charge is 2.35. The second-order valence-corrected chi connectivity index (χ2v) is 7.49. The van der Waals surface area contributed by atoms with Gasteiger partial charge in [-0.1, -0.05) is 30.3 Å². The predicted octanol–water partition coefficient (Wildman–Crippen LogP) is 5.13. The molecule has 5 nitrogen and oxygen atoms in total. The van der Waals surface area contributed by atoms with Gasteiger partial charge < -0.3 is 16.0 Å². The first-order chi connectivity index (χ1) is 15.3. The molecule has 0 unspecified atom stereocenters. The van der Waals surface area contributed by atoms with Crippen LogP contribution in [0.25, 0.3) is 0 Å². The number of nitrogens with one attached hydrogen (secondary N) is 1. The number of carbonyl (C=O) groups is 2. The van der Waals surface area contributed by atoms with E-state index in [1.54, 1.807) is 17.0 Å². The Bertz CT molecular complexity index is 1190. The molecule has 0 bridgehead atoms. The minimum atomic E-state index is -4.72. The van der Waals surface area contributed by atoms with Crippen LogP contribution >= 0.6 is 0 Å². The molecule has 0 fully saturated rings. The number of hydrogen-bond donors (Lipinski definition) is 2. The van der Waals surface area contributed by atoms with E-state index in [4.69, 9.17) is 5.73 Å². The van der Waals surface area contributed by atoms with Crippen molar-refractivity contribution in [2.24, 2.45) is 0 Å². The average Bonchev–Trinajstić information content (AvgIpc) is 2.77. The van der Waals surface area contributed by atoms with Crippen molar-refractivity contribution in [3.63, 3.8) is 0 Å². The molecule has 3 aromatic carbocycles. The Kier molecular flexibility index (Phi) is 5.61. The smallest absolute Gasteiger partial charge is 0.398 e. The Morgan fingerprint density at radius 2 is 1.69 bits per heavy atom. The molecule has 0 atom stereocenters. The van der Waals surface area contributed by atoms with Crippen molar-refractivity contribution in [3.8, 4) is 0 Å². The number of nitrogens with two attached hydrogens (primary N) is 1. The molecule has 0 aliphatic carbocycles. The number of anilines is 3. The zero-order valence-corrected chi connectivity index (χ0v) is 16.9. The van der Waals surface area contributed by atoms with Crippen LogP contribution in [0.2, 0.25) is 0 Å². The highest BCUT2D eigenvalue weighted by molar-refractivity contribution is 6.10. The Morgan fingerprint density at radius 3 is 2.44 bits per heavy atom. The number of rotatable bonds is 3. The normalized spacial score (nSPS) is 13.4. The summed E-state index contributed by atoms with van der Waals surface area (Å²) in [5.41, 5.74) is 6.21. The highest BCUT2D eigenvalue weighted by atomic mass is 19.4. The molecule has 0 saturated heterocycles. The summed E-state index contributed by atoms with van der Waals surface area (Å²) in [6, 6.07) is 16.5. The SMILES string of the molecule is Nc1ccccc1C(=O)Nc1cc(C(=O)N2CCCc3ccccc32)ccc1C(F)(F)F. The van der Waals surface area contributed by atoms with Crippen LogP contribution in [0.4, 0.5) is 30.2 Å². The largest absolute Gasteiger partial charge is 0.418 e. The first-order valence-corrected chi connectivity index (χ1v) is 10.0. The van der Waals surface area contributed by atoms with Gasteiger partial charge in [0.1, 0.15) is 0 Å². The molecule has 32 heavy (non-hydrogen) atoms. The third-order valence-electron chi connectivity index (χ3n) is 5.38. The number of fused-ring (bicyclic) bond motifs is 1. The standard InChI is InChI=1S/C24H20F3N3O2/c25-24(26,27)18-12-11-16(14-20(18)29-22(31)17-8-2-3-9-19(17)28)23(32)30-13-5-7-15-6-1-4-10-21(15)30/h1-4,6,8-12,14H,5,7,13,28H2,(H,29,31). The molecule has 1 aliphatic rings. The van der Waals surface area contributed by atoms with E-state index in [0.29, 0.717) is 6.54 Å². The molecule has 0 spiro atoms. The second-order valence-electron chi connectivity index (χ2n) is 7.49. The fraction of sp³-hybridized carbons (Fsp3) is 0.167. The summed E-state index contributed by atoms with van der Waals surface area (Å²) < 4.78 is 40.8. The molecule has 0 aromatic heterocycles. The molecule has 3 N–H and O–H groups in total. The lowest BCUT2D eigenvalue weighted by molar-refractivity contribution is -0.136. The van der Waals surface area contributed by atoms with Crippen LogP contribution in [0.5, 0.6) is 0 Å². The predicted molar refractivity (Wildman–Crippen MR) is 117 cm³/mol. The van der Waals surface area contributed by atoms with Gasteiger partial charge in [0.15, 0.2) is 0 Å². The maximum absolute atomic E-state index is 13.6. The molecular formula is C24H20F3N3O2. The van der Waals surface area contributed by atoms with Crippen molar-refractivity contribution < 1.29 is 22.8 Å². The van der Waals surface area contributed by atoms with E-state index in [0.717, 1.165) is 42.3 Å². The molecule has 1 heterocycles. The van der Waals surface area contributed by atoms with Crippen LogP contribution < -0.4 is 16.0 Å². The monoisotopic (exact) mass is 439 g/mol. The second kappa shape index (κ2) is 8.37. The number of halogens is 3. The van der Waals surface area contributed by atoms with Crippen LogP contribution in [-0.4, -0.2) is 18.4 Å². The summed E-state index contributed by atoms with van der Waals surface area (Å²) in [6.45, 7) is 0.457. The van der Waals surface area contributed by atoms with Gasteiger partial charge in [-0.3, -0.25) is 9.59 Å². The van der Waals surface area contributed by atoms with Gasteiger partial charge >= 0.3 is 6.18 Å². The number of nitrogen functional groups attached to an aromatic ring is 1. The van der Waals surface area contributed by atoms with E-state index in [2.05, 4.69) is 5.32 Å². The minimum Gasteiger partial charge on any atom is -0.398 e. The lowest BCUT2D eigenvalue weighted by Gasteiger charge is -2.29. The maximum Gasteiger partial charge on any atom is 0.418 e. The molecule has 0 saturated carbocycles. The average molecular weight is 439 g/mol. The lowest BCUT2D eigenvalue weighted by atomic mass is 10.00. The van der Waals surface area contributed by atoms with E-state index in [1.807, 2.05) is 24.3 Å². The van der Waals surface area contributed by atoms with Crippen molar-refractivity contribution in [2.45, 2.75) is 19.0 Å². The summed E-state index contributed by atoms with van der Waals surface area (Å²) in [5.74, 6) is -1.22. The van der Waals surface area contributed by atoms with E-state index in [9.17, 15) is 22.8 Å². The van der Waals surface area contributed by atoms with Crippen molar-refractivity contribution >= 4 is 28.9 Å².